The number of Topliss-reactive ketones (excluding diaryl/α,β-unsaturated/α-hetero) is 1. The summed E-state index contributed by atoms with van der Waals surface area (Å²) in [5.41, 5.74) is 0.614. The van der Waals surface area contributed by atoms with Gasteiger partial charge in [0.25, 0.3) is 0 Å². The van der Waals surface area contributed by atoms with Gasteiger partial charge in [0.1, 0.15) is 5.78 Å². The zero-order valence-electron chi connectivity index (χ0n) is 14.5. The van der Waals surface area contributed by atoms with Crippen LogP contribution in [-0.2, 0) is 23.9 Å². The van der Waals surface area contributed by atoms with Gasteiger partial charge in [-0.1, -0.05) is 48.5 Å². The molecule has 138 valence electrons. The Morgan fingerprint density at radius 2 is 1.58 bits per heavy atom. The van der Waals surface area contributed by atoms with Crippen LogP contribution in [0.25, 0.3) is 0 Å². The Balaban J connectivity index is 1.56. The predicted octanol–water partition coefficient (Wildman–Crippen LogP) is 4.73. The lowest BCUT2D eigenvalue weighted by Gasteiger charge is -2.31. The van der Waals surface area contributed by atoms with E-state index in [1.165, 1.54) is 17.7 Å². The molecule has 0 bridgehead atoms. The third-order valence-electron chi connectivity index (χ3n) is 4.98. The fourth-order valence-electron chi connectivity index (χ4n) is 3.54. The first-order valence-corrected chi connectivity index (χ1v) is 8.87. The quantitative estimate of drug-likeness (QED) is 0.767. The summed E-state index contributed by atoms with van der Waals surface area (Å²) in [6.07, 6.45) is -3.14. The minimum absolute atomic E-state index is 0.0803. The third-order valence-corrected chi connectivity index (χ3v) is 4.98. The SMILES string of the molecule is O=C(Cc1ccccc1C(F)(F)F)C1CCN(Cc2ccccc2)CC1. The lowest BCUT2D eigenvalue weighted by molar-refractivity contribution is -0.138. The van der Waals surface area contributed by atoms with Crippen molar-refractivity contribution in [3.8, 4) is 0 Å². The molecule has 0 atom stereocenters. The average molecular weight is 361 g/mol. The van der Waals surface area contributed by atoms with E-state index in [0.717, 1.165) is 25.7 Å². The van der Waals surface area contributed by atoms with Gasteiger partial charge in [0, 0.05) is 18.9 Å². The Hall–Kier alpha value is -2.14. The molecule has 5 heteroatoms. The zero-order chi connectivity index (χ0) is 18.6. The molecule has 0 aliphatic carbocycles. The number of carbonyl (C=O) groups is 1. The summed E-state index contributed by atoms with van der Waals surface area (Å²) in [5.74, 6) is -0.232. The van der Waals surface area contributed by atoms with Crippen molar-refractivity contribution in [2.75, 3.05) is 13.1 Å². The van der Waals surface area contributed by atoms with Crippen LogP contribution in [0.3, 0.4) is 0 Å². The summed E-state index contributed by atoms with van der Waals surface area (Å²) in [6, 6.07) is 15.5. The Bertz CT molecular complexity index is 734. The number of hydrogen-bond acceptors (Lipinski definition) is 2. The summed E-state index contributed by atoms with van der Waals surface area (Å²) >= 11 is 0. The number of benzene rings is 2. The monoisotopic (exact) mass is 361 g/mol. The van der Waals surface area contributed by atoms with E-state index in [4.69, 9.17) is 0 Å². The molecule has 1 aliphatic heterocycles. The van der Waals surface area contributed by atoms with Gasteiger partial charge in [0.2, 0.25) is 0 Å². The Morgan fingerprint density at radius 1 is 0.962 bits per heavy atom. The fraction of sp³-hybridized carbons (Fsp3) is 0.381. The summed E-state index contributed by atoms with van der Waals surface area (Å²) in [7, 11) is 0. The molecule has 2 aromatic carbocycles. The molecule has 0 N–H and O–H groups in total. The van der Waals surface area contributed by atoms with Gasteiger partial charge >= 0.3 is 6.18 Å². The van der Waals surface area contributed by atoms with Crippen molar-refractivity contribution in [1.82, 2.24) is 4.90 Å². The van der Waals surface area contributed by atoms with E-state index in [1.807, 2.05) is 18.2 Å². The normalized spacial score (nSPS) is 16.6. The number of likely N-dealkylation sites (tertiary alicyclic amines) is 1. The van der Waals surface area contributed by atoms with E-state index < -0.39 is 11.7 Å². The van der Waals surface area contributed by atoms with Gasteiger partial charge in [0.15, 0.2) is 0 Å². The second-order valence-electron chi connectivity index (χ2n) is 6.83. The number of rotatable bonds is 5. The molecule has 0 unspecified atom stereocenters. The van der Waals surface area contributed by atoms with Gasteiger partial charge in [-0.2, -0.15) is 13.2 Å². The Kier molecular flexibility index (Phi) is 5.77. The summed E-state index contributed by atoms with van der Waals surface area (Å²) < 4.78 is 39.2. The molecule has 0 saturated carbocycles. The fourth-order valence-corrected chi connectivity index (χ4v) is 3.54. The molecule has 26 heavy (non-hydrogen) atoms. The molecule has 0 spiro atoms. The van der Waals surface area contributed by atoms with Crippen molar-refractivity contribution in [1.29, 1.82) is 0 Å². The smallest absolute Gasteiger partial charge is 0.299 e. The van der Waals surface area contributed by atoms with Gasteiger partial charge in [-0.3, -0.25) is 9.69 Å². The Labute approximate surface area is 151 Å². The average Bonchev–Trinajstić information content (AvgIpc) is 2.63. The largest absolute Gasteiger partial charge is 0.416 e. The molecule has 1 saturated heterocycles. The predicted molar refractivity (Wildman–Crippen MR) is 94.6 cm³/mol. The van der Waals surface area contributed by atoms with Gasteiger partial charge in [-0.05, 0) is 43.1 Å². The second-order valence-corrected chi connectivity index (χ2v) is 6.83. The molecule has 0 radical (unpaired) electrons. The van der Waals surface area contributed by atoms with Crippen molar-refractivity contribution < 1.29 is 18.0 Å². The van der Waals surface area contributed by atoms with Crippen molar-refractivity contribution in [3.63, 3.8) is 0 Å². The number of ketones is 1. The molecule has 3 rings (SSSR count). The first-order chi connectivity index (χ1) is 12.4. The Morgan fingerprint density at radius 3 is 2.23 bits per heavy atom. The van der Waals surface area contributed by atoms with Crippen molar-refractivity contribution in [3.05, 3.63) is 71.3 Å². The van der Waals surface area contributed by atoms with E-state index in [0.29, 0.717) is 12.8 Å². The van der Waals surface area contributed by atoms with Crippen molar-refractivity contribution >= 4 is 5.78 Å². The number of alkyl halides is 3. The highest BCUT2D eigenvalue weighted by Crippen LogP contribution is 2.33. The van der Waals surface area contributed by atoms with Crippen LogP contribution in [0.2, 0.25) is 0 Å². The number of piperidine rings is 1. The van der Waals surface area contributed by atoms with Crippen molar-refractivity contribution in [2.45, 2.75) is 32.0 Å². The molecular formula is C21H22F3NO. The molecule has 1 aliphatic rings. The first kappa shape index (κ1) is 18.6. The summed E-state index contributed by atoms with van der Waals surface area (Å²) in [4.78, 5) is 14.8. The number of halogens is 3. The van der Waals surface area contributed by atoms with E-state index in [-0.39, 0.29) is 23.7 Å². The molecule has 1 fully saturated rings. The lowest BCUT2D eigenvalue weighted by atomic mass is 9.88. The minimum atomic E-state index is -4.42. The van der Waals surface area contributed by atoms with E-state index in [2.05, 4.69) is 17.0 Å². The lowest BCUT2D eigenvalue weighted by Crippen LogP contribution is -2.36. The van der Waals surface area contributed by atoms with Crippen molar-refractivity contribution in [2.24, 2.45) is 5.92 Å². The first-order valence-electron chi connectivity index (χ1n) is 8.87. The van der Waals surface area contributed by atoms with E-state index >= 15 is 0 Å². The van der Waals surface area contributed by atoms with E-state index in [9.17, 15) is 18.0 Å². The standard InChI is InChI=1S/C21H22F3NO/c22-21(23,24)19-9-5-4-8-18(19)14-20(26)17-10-12-25(13-11-17)15-16-6-2-1-3-7-16/h1-9,17H,10-15H2. The molecular weight excluding hydrogens is 339 g/mol. The van der Waals surface area contributed by atoms with Crippen LogP contribution in [0.5, 0.6) is 0 Å². The topological polar surface area (TPSA) is 20.3 Å². The summed E-state index contributed by atoms with van der Waals surface area (Å²) in [5, 5.41) is 0. The van der Waals surface area contributed by atoms with Crippen LogP contribution in [-0.4, -0.2) is 23.8 Å². The molecule has 1 heterocycles. The van der Waals surface area contributed by atoms with Gasteiger partial charge in [-0.25, -0.2) is 0 Å². The molecule has 2 nitrogen and oxygen atoms in total. The van der Waals surface area contributed by atoms with Gasteiger partial charge in [-0.15, -0.1) is 0 Å². The van der Waals surface area contributed by atoms with Crippen LogP contribution in [0.1, 0.15) is 29.5 Å². The van der Waals surface area contributed by atoms with Crippen LogP contribution in [0, 0.1) is 5.92 Å². The second kappa shape index (κ2) is 8.04. The third kappa shape index (κ3) is 4.73. The molecule has 0 aromatic heterocycles. The van der Waals surface area contributed by atoms with Gasteiger partial charge < -0.3 is 0 Å². The molecule has 2 aromatic rings. The maximum absolute atomic E-state index is 13.1. The van der Waals surface area contributed by atoms with Crippen LogP contribution in [0.15, 0.2) is 54.6 Å². The van der Waals surface area contributed by atoms with Crippen LogP contribution < -0.4 is 0 Å². The maximum atomic E-state index is 13.1. The zero-order valence-corrected chi connectivity index (χ0v) is 14.5. The van der Waals surface area contributed by atoms with Crippen LogP contribution >= 0.6 is 0 Å². The van der Waals surface area contributed by atoms with E-state index in [1.54, 1.807) is 6.07 Å². The number of nitrogens with zero attached hydrogens (tertiary/aromatic N) is 1. The summed E-state index contributed by atoms with van der Waals surface area (Å²) in [6.45, 7) is 2.44. The number of carbonyl (C=O) groups excluding carboxylic acids is 1. The van der Waals surface area contributed by atoms with Gasteiger partial charge in [0.05, 0.1) is 5.56 Å². The highest BCUT2D eigenvalue weighted by atomic mass is 19.4. The minimum Gasteiger partial charge on any atom is -0.299 e. The maximum Gasteiger partial charge on any atom is 0.416 e. The molecule has 0 amide bonds. The number of hydrogen-bond donors (Lipinski definition) is 0. The highest BCUT2D eigenvalue weighted by Gasteiger charge is 2.34. The van der Waals surface area contributed by atoms with Crippen LogP contribution in [0.4, 0.5) is 13.2 Å². The highest BCUT2D eigenvalue weighted by molar-refractivity contribution is 5.83.